The summed E-state index contributed by atoms with van der Waals surface area (Å²) in [5.74, 6) is 3.95. The molecule has 0 N–H and O–H groups in total. The van der Waals surface area contributed by atoms with Gasteiger partial charge in [-0.25, -0.2) is 0 Å². The Morgan fingerprint density at radius 3 is 2.15 bits per heavy atom. The molecule has 0 unspecified atom stereocenters. The summed E-state index contributed by atoms with van der Waals surface area (Å²) in [5.41, 5.74) is 0.723. The topological polar surface area (TPSA) is 17.1 Å². The minimum absolute atomic E-state index is 0.0950. The molecule has 72 valence electrons. The third kappa shape index (κ3) is 2.78. The van der Waals surface area contributed by atoms with Gasteiger partial charge in [-0.1, -0.05) is 36.2 Å². The Morgan fingerprint density at radius 2 is 1.77 bits per heavy atom. The highest BCUT2D eigenvalue weighted by atomic mass is 79.9. The van der Waals surface area contributed by atoms with E-state index < -0.39 is 7.18 Å². The van der Waals surface area contributed by atoms with E-state index in [4.69, 9.17) is 0 Å². The second kappa shape index (κ2) is 3.07. The normalized spacial score (nSPS) is 14.5. The number of halogens is 1. The number of benzene rings is 1. The van der Waals surface area contributed by atoms with E-state index in [0.717, 1.165) is 5.56 Å². The summed E-state index contributed by atoms with van der Waals surface area (Å²) in [6, 6.07) is 9.25. The van der Waals surface area contributed by atoms with E-state index in [1.165, 1.54) is 0 Å². The molecule has 0 heterocycles. The monoisotopic (exact) mass is 260 g/mol. The van der Waals surface area contributed by atoms with Gasteiger partial charge in [0.05, 0.1) is 0 Å². The number of carbonyl (C=O) groups is 1. The van der Waals surface area contributed by atoms with Gasteiger partial charge >= 0.3 is 0 Å². The van der Waals surface area contributed by atoms with Crippen LogP contribution in [-0.2, 0) is 0 Å². The van der Waals surface area contributed by atoms with E-state index in [2.05, 4.69) is 20.7 Å². The zero-order chi connectivity index (χ0) is 10.1. The molecule has 0 bridgehead atoms. The van der Waals surface area contributed by atoms with Gasteiger partial charge in [0.25, 0.3) is 0 Å². The molecule has 0 saturated carbocycles. The van der Waals surface area contributed by atoms with Crippen molar-refractivity contribution < 1.29 is 4.79 Å². The van der Waals surface area contributed by atoms with Crippen LogP contribution < -0.4 is 0 Å². The van der Waals surface area contributed by atoms with Crippen molar-refractivity contribution in [2.24, 2.45) is 0 Å². The first-order valence-electron chi connectivity index (χ1n) is 3.83. The molecule has 1 rings (SSSR count). The highest BCUT2D eigenvalue weighted by molar-refractivity contribution is 9.63. The lowest BCUT2D eigenvalue weighted by molar-refractivity contribution is 0.108. The minimum atomic E-state index is -2.30. The minimum Gasteiger partial charge on any atom is -0.283 e. The maximum absolute atomic E-state index is 11.9. The fourth-order valence-corrected chi connectivity index (χ4v) is 2.36. The van der Waals surface area contributed by atoms with Gasteiger partial charge in [0.2, 0.25) is 5.12 Å². The standard InChI is InChI=1S/C10H13BrOS/c1-13(2,3,11)10(12)9-7-5-4-6-8-9/h4-8H,1H2,2-3H3. The Bertz CT molecular complexity index is 378. The highest BCUT2D eigenvalue weighted by Crippen LogP contribution is 2.59. The average molecular weight is 261 g/mol. The van der Waals surface area contributed by atoms with Gasteiger partial charge in [0, 0.05) is 5.56 Å². The molecule has 1 aromatic rings. The second-order valence-electron chi connectivity index (χ2n) is 3.69. The molecule has 13 heavy (non-hydrogen) atoms. The fourth-order valence-electron chi connectivity index (χ4n) is 0.938. The van der Waals surface area contributed by atoms with Crippen LogP contribution in [0.1, 0.15) is 10.4 Å². The third-order valence-electron chi connectivity index (χ3n) is 1.58. The quantitative estimate of drug-likeness (QED) is 0.710. The van der Waals surface area contributed by atoms with Crippen molar-refractivity contribution in [3.63, 3.8) is 0 Å². The van der Waals surface area contributed by atoms with E-state index in [0.29, 0.717) is 0 Å². The summed E-state index contributed by atoms with van der Waals surface area (Å²) in [6.07, 6.45) is 3.74. The lowest BCUT2D eigenvalue weighted by atomic mass is 10.2. The molecule has 0 atom stereocenters. The van der Waals surface area contributed by atoms with Crippen LogP contribution in [0.2, 0.25) is 0 Å². The van der Waals surface area contributed by atoms with Crippen molar-refractivity contribution in [2.45, 2.75) is 0 Å². The van der Waals surface area contributed by atoms with Gasteiger partial charge in [0.1, 0.15) is 0 Å². The van der Waals surface area contributed by atoms with E-state index in [-0.39, 0.29) is 5.12 Å². The first-order valence-corrected chi connectivity index (χ1v) is 8.70. The van der Waals surface area contributed by atoms with Gasteiger partial charge < -0.3 is 0 Å². The highest BCUT2D eigenvalue weighted by Gasteiger charge is 2.25. The number of hydrogen-bond donors (Lipinski definition) is 0. The molecule has 1 nitrogen and oxygen atoms in total. The SMILES string of the molecule is C=S(C)(C)(Br)C(=O)c1ccccc1. The summed E-state index contributed by atoms with van der Waals surface area (Å²) in [4.78, 5) is 11.9. The van der Waals surface area contributed by atoms with Crippen LogP contribution in [0.3, 0.4) is 0 Å². The molecule has 0 radical (unpaired) electrons. The maximum Gasteiger partial charge on any atom is 0.206 e. The molecule has 1 aromatic carbocycles. The van der Waals surface area contributed by atoms with E-state index in [1.54, 1.807) is 0 Å². The molecule has 0 aliphatic rings. The predicted molar refractivity (Wildman–Crippen MR) is 66.3 cm³/mol. The molecular weight excluding hydrogens is 248 g/mol. The van der Waals surface area contributed by atoms with Gasteiger partial charge in [-0.3, -0.25) is 4.79 Å². The van der Waals surface area contributed by atoms with E-state index in [1.807, 2.05) is 42.8 Å². The molecule has 0 spiro atoms. The van der Waals surface area contributed by atoms with Crippen LogP contribution in [-0.4, -0.2) is 23.5 Å². The summed E-state index contributed by atoms with van der Waals surface area (Å²) in [7, 11) is -2.30. The lowest BCUT2D eigenvalue weighted by Gasteiger charge is -2.30. The molecule has 0 aliphatic carbocycles. The summed E-state index contributed by atoms with van der Waals surface area (Å²) >= 11 is 3.43. The van der Waals surface area contributed by atoms with Gasteiger partial charge in [-0.15, -0.1) is 7.18 Å². The van der Waals surface area contributed by atoms with Crippen molar-refractivity contribution >= 4 is 33.0 Å². The fraction of sp³-hybridized carbons (Fsp3) is 0.200. The lowest BCUT2D eigenvalue weighted by Crippen LogP contribution is -2.09. The van der Waals surface area contributed by atoms with Crippen LogP contribution in [0.15, 0.2) is 30.3 Å². The zero-order valence-electron chi connectivity index (χ0n) is 7.79. The van der Waals surface area contributed by atoms with Gasteiger partial charge in [0.15, 0.2) is 0 Å². The molecule has 0 aromatic heterocycles. The summed E-state index contributed by atoms with van der Waals surface area (Å²) in [5, 5.41) is 0.0950. The van der Waals surface area contributed by atoms with Crippen LogP contribution in [0.4, 0.5) is 0 Å². The summed E-state index contributed by atoms with van der Waals surface area (Å²) < 4.78 is 0. The van der Waals surface area contributed by atoms with Crippen LogP contribution >= 0.6 is 22.0 Å². The second-order valence-corrected chi connectivity index (χ2v) is 14.4. The predicted octanol–water partition coefficient (Wildman–Crippen LogP) is 3.17. The Balaban J connectivity index is 3.16. The average Bonchev–Trinajstić information content (AvgIpc) is 2.02. The molecule has 3 heteroatoms. The Kier molecular flexibility index (Phi) is 2.52. The Labute approximate surface area is 86.2 Å². The number of carbonyl (C=O) groups excluding carboxylic acids is 1. The van der Waals surface area contributed by atoms with Crippen LogP contribution in [0, 0.1) is 0 Å². The van der Waals surface area contributed by atoms with Crippen molar-refractivity contribution in [3.05, 3.63) is 35.9 Å². The zero-order valence-corrected chi connectivity index (χ0v) is 10.2. The molecule has 0 amide bonds. The largest absolute Gasteiger partial charge is 0.283 e. The summed E-state index contributed by atoms with van der Waals surface area (Å²) in [6.45, 7) is 0. The number of rotatable bonds is 1. The van der Waals surface area contributed by atoms with E-state index in [9.17, 15) is 4.79 Å². The Morgan fingerprint density at radius 1 is 1.31 bits per heavy atom. The maximum atomic E-state index is 11.9. The van der Waals surface area contributed by atoms with Crippen molar-refractivity contribution in [1.29, 1.82) is 0 Å². The van der Waals surface area contributed by atoms with Gasteiger partial charge in [-0.05, 0) is 27.3 Å². The van der Waals surface area contributed by atoms with Crippen molar-refractivity contribution in [3.8, 4) is 0 Å². The molecule has 0 saturated heterocycles. The smallest absolute Gasteiger partial charge is 0.206 e. The first kappa shape index (κ1) is 10.7. The molecule has 0 aliphatic heterocycles. The van der Waals surface area contributed by atoms with Crippen LogP contribution in [0.5, 0.6) is 0 Å². The van der Waals surface area contributed by atoms with Crippen molar-refractivity contribution in [1.82, 2.24) is 0 Å². The van der Waals surface area contributed by atoms with Crippen LogP contribution in [0.25, 0.3) is 0 Å². The first-order chi connectivity index (χ1) is 5.77. The molecule has 0 fully saturated rings. The van der Waals surface area contributed by atoms with E-state index >= 15 is 0 Å². The third-order valence-corrected chi connectivity index (χ3v) is 3.84. The molecular formula is C10H13BrOS. The van der Waals surface area contributed by atoms with Gasteiger partial charge in [-0.2, -0.15) is 0 Å². The van der Waals surface area contributed by atoms with Crippen molar-refractivity contribution in [2.75, 3.05) is 12.5 Å². The Hall–Kier alpha value is -0.410. The number of hydrogen-bond acceptors (Lipinski definition) is 1.